The molecule has 0 aliphatic carbocycles. The molecule has 0 unspecified atom stereocenters. The van der Waals surface area contributed by atoms with E-state index in [1.807, 2.05) is 6.07 Å². The highest BCUT2D eigenvalue weighted by atomic mass is 16.5. The number of likely N-dealkylation sites (tertiary alicyclic amines) is 1. The number of cyclic esters (lactones) is 1. The molecule has 1 atom stereocenters. The molecular weight excluding hydrogens is 330 g/mol. The van der Waals surface area contributed by atoms with E-state index in [0.717, 1.165) is 64.3 Å². The minimum atomic E-state index is -0.0182. The molecule has 3 saturated heterocycles. The van der Waals surface area contributed by atoms with Crippen LogP contribution < -0.4 is 9.64 Å². The summed E-state index contributed by atoms with van der Waals surface area (Å²) >= 11 is 0. The lowest BCUT2D eigenvalue weighted by atomic mass is 10.00. The fourth-order valence-electron chi connectivity index (χ4n) is 4.53. The maximum Gasteiger partial charge on any atom is 0.323 e. The van der Waals surface area contributed by atoms with Crippen LogP contribution in [0.1, 0.15) is 19.3 Å². The minimum Gasteiger partial charge on any atom is -0.497 e. The third-order valence-corrected chi connectivity index (χ3v) is 6.10. The van der Waals surface area contributed by atoms with E-state index in [1.54, 1.807) is 7.11 Å². The van der Waals surface area contributed by atoms with Crippen molar-refractivity contribution in [3.05, 3.63) is 24.3 Å². The number of esters is 1. The molecule has 0 saturated carbocycles. The molecule has 3 fully saturated rings. The summed E-state index contributed by atoms with van der Waals surface area (Å²) in [6.45, 7) is 6.95. The SMILES string of the molecule is COc1cccc(N2CCN(C3CCN([C@H]4CCOC4=O)CC3)CC2)c1. The maximum atomic E-state index is 11.8. The van der Waals surface area contributed by atoms with Gasteiger partial charge in [-0.3, -0.25) is 14.6 Å². The van der Waals surface area contributed by atoms with Gasteiger partial charge >= 0.3 is 5.97 Å². The molecular formula is C20H29N3O3. The van der Waals surface area contributed by atoms with Gasteiger partial charge in [0.2, 0.25) is 0 Å². The first-order valence-electron chi connectivity index (χ1n) is 9.78. The van der Waals surface area contributed by atoms with E-state index in [4.69, 9.17) is 9.47 Å². The van der Waals surface area contributed by atoms with E-state index in [1.165, 1.54) is 5.69 Å². The van der Waals surface area contributed by atoms with Crippen LogP contribution in [0.4, 0.5) is 5.69 Å². The van der Waals surface area contributed by atoms with Gasteiger partial charge in [-0.15, -0.1) is 0 Å². The average molecular weight is 359 g/mol. The summed E-state index contributed by atoms with van der Waals surface area (Å²) in [5.41, 5.74) is 1.25. The Hall–Kier alpha value is -1.79. The van der Waals surface area contributed by atoms with Crippen LogP contribution in [0.15, 0.2) is 24.3 Å². The Balaban J connectivity index is 1.27. The van der Waals surface area contributed by atoms with Crippen LogP contribution in [0.3, 0.4) is 0 Å². The second-order valence-electron chi connectivity index (χ2n) is 7.46. The fraction of sp³-hybridized carbons (Fsp3) is 0.650. The van der Waals surface area contributed by atoms with Gasteiger partial charge in [-0.25, -0.2) is 0 Å². The zero-order chi connectivity index (χ0) is 17.9. The molecule has 1 aromatic carbocycles. The minimum absolute atomic E-state index is 0.0147. The zero-order valence-electron chi connectivity index (χ0n) is 15.6. The molecule has 3 aliphatic heterocycles. The number of piperazine rings is 1. The highest BCUT2D eigenvalue weighted by molar-refractivity contribution is 5.77. The fourth-order valence-corrected chi connectivity index (χ4v) is 4.53. The lowest BCUT2D eigenvalue weighted by Gasteiger charge is -2.44. The van der Waals surface area contributed by atoms with E-state index in [-0.39, 0.29) is 12.0 Å². The van der Waals surface area contributed by atoms with Gasteiger partial charge in [-0.05, 0) is 25.0 Å². The molecule has 6 heteroatoms. The number of piperidine rings is 1. The molecule has 4 rings (SSSR count). The number of anilines is 1. The quantitative estimate of drug-likeness (QED) is 0.761. The Morgan fingerprint density at radius 2 is 1.77 bits per heavy atom. The van der Waals surface area contributed by atoms with Crippen molar-refractivity contribution >= 4 is 11.7 Å². The Kier molecular flexibility index (Phi) is 5.31. The number of ether oxygens (including phenoxy) is 2. The second kappa shape index (κ2) is 7.84. The van der Waals surface area contributed by atoms with Crippen LogP contribution >= 0.6 is 0 Å². The largest absolute Gasteiger partial charge is 0.497 e. The summed E-state index contributed by atoms with van der Waals surface area (Å²) in [6, 6.07) is 9.00. The second-order valence-corrected chi connectivity index (χ2v) is 7.46. The van der Waals surface area contributed by atoms with Crippen molar-refractivity contribution in [1.29, 1.82) is 0 Å². The van der Waals surface area contributed by atoms with Crippen LogP contribution in [-0.2, 0) is 9.53 Å². The first-order valence-corrected chi connectivity index (χ1v) is 9.78. The zero-order valence-corrected chi connectivity index (χ0v) is 15.6. The number of hydrogen-bond donors (Lipinski definition) is 0. The topological polar surface area (TPSA) is 45.2 Å². The van der Waals surface area contributed by atoms with Gasteiger partial charge in [0, 0.05) is 63.5 Å². The molecule has 0 aromatic heterocycles. The molecule has 0 spiro atoms. The lowest BCUT2D eigenvalue weighted by molar-refractivity contribution is -0.142. The Labute approximate surface area is 155 Å². The first kappa shape index (κ1) is 17.6. The summed E-state index contributed by atoms with van der Waals surface area (Å²) in [5.74, 6) is 0.901. The lowest BCUT2D eigenvalue weighted by Crippen LogP contribution is -2.54. The monoisotopic (exact) mass is 359 g/mol. The normalized spacial score (nSPS) is 26.1. The molecule has 0 N–H and O–H groups in total. The molecule has 26 heavy (non-hydrogen) atoms. The van der Waals surface area contributed by atoms with Gasteiger partial charge in [-0.1, -0.05) is 6.07 Å². The number of hydrogen-bond acceptors (Lipinski definition) is 6. The van der Waals surface area contributed by atoms with E-state index < -0.39 is 0 Å². The molecule has 6 nitrogen and oxygen atoms in total. The van der Waals surface area contributed by atoms with Crippen LogP contribution in [0.5, 0.6) is 5.75 Å². The average Bonchev–Trinajstić information content (AvgIpc) is 3.14. The molecule has 1 aromatic rings. The highest BCUT2D eigenvalue weighted by Gasteiger charge is 2.36. The number of benzene rings is 1. The number of nitrogens with zero attached hydrogens (tertiary/aromatic N) is 3. The summed E-state index contributed by atoms with van der Waals surface area (Å²) in [5, 5.41) is 0. The summed E-state index contributed by atoms with van der Waals surface area (Å²) in [7, 11) is 1.72. The van der Waals surface area contributed by atoms with E-state index in [0.29, 0.717) is 12.6 Å². The Morgan fingerprint density at radius 1 is 1.00 bits per heavy atom. The number of rotatable bonds is 4. The van der Waals surface area contributed by atoms with Gasteiger partial charge < -0.3 is 14.4 Å². The number of methoxy groups -OCH3 is 1. The van der Waals surface area contributed by atoms with Gasteiger partial charge in [0.15, 0.2) is 0 Å². The predicted molar refractivity (Wildman–Crippen MR) is 101 cm³/mol. The summed E-state index contributed by atoms with van der Waals surface area (Å²) in [6.07, 6.45) is 3.18. The summed E-state index contributed by atoms with van der Waals surface area (Å²) < 4.78 is 10.5. The van der Waals surface area contributed by atoms with E-state index in [9.17, 15) is 4.79 Å². The standard InChI is InChI=1S/C20H29N3O3/c1-25-18-4-2-3-17(15-18)22-12-10-21(11-13-22)16-5-8-23(9-6-16)19-7-14-26-20(19)24/h2-4,15-16,19H,5-14H2,1H3/t19-/m0/s1. The Morgan fingerprint density at radius 3 is 2.42 bits per heavy atom. The predicted octanol–water partition coefficient (Wildman–Crippen LogP) is 1.60. The molecule has 0 bridgehead atoms. The Bertz CT molecular complexity index is 622. The van der Waals surface area contributed by atoms with Crippen LogP contribution in [0, 0.1) is 0 Å². The van der Waals surface area contributed by atoms with Crippen molar-refractivity contribution in [3.63, 3.8) is 0 Å². The van der Waals surface area contributed by atoms with Gasteiger partial charge in [-0.2, -0.15) is 0 Å². The maximum absolute atomic E-state index is 11.8. The third kappa shape index (κ3) is 3.67. The molecule has 3 aliphatic rings. The van der Waals surface area contributed by atoms with Crippen molar-refractivity contribution < 1.29 is 14.3 Å². The molecule has 142 valence electrons. The third-order valence-electron chi connectivity index (χ3n) is 6.10. The molecule has 0 radical (unpaired) electrons. The van der Waals surface area contributed by atoms with Gasteiger partial charge in [0.05, 0.1) is 13.7 Å². The van der Waals surface area contributed by atoms with Crippen molar-refractivity contribution in [3.8, 4) is 5.75 Å². The first-order chi connectivity index (χ1) is 12.7. The smallest absolute Gasteiger partial charge is 0.323 e. The van der Waals surface area contributed by atoms with Gasteiger partial charge in [0.1, 0.15) is 11.8 Å². The van der Waals surface area contributed by atoms with Crippen molar-refractivity contribution in [1.82, 2.24) is 9.80 Å². The number of carbonyl (C=O) groups is 1. The van der Waals surface area contributed by atoms with Crippen LogP contribution in [0.25, 0.3) is 0 Å². The van der Waals surface area contributed by atoms with Crippen molar-refractivity contribution in [2.24, 2.45) is 0 Å². The van der Waals surface area contributed by atoms with E-state index >= 15 is 0 Å². The summed E-state index contributed by atoms with van der Waals surface area (Å²) in [4.78, 5) is 19.2. The van der Waals surface area contributed by atoms with Crippen molar-refractivity contribution in [2.75, 3.05) is 57.9 Å². The van der Waals surface area contributed by atoms with Gasteiger partial charge in [0.25, 0.3) is 0 Å². The van der Waals surface area contributed by atoms with Crippen molar-refractivity contribution in [2.45, 2.75) is 31.3 Å². The molecule has 3 heterocycles. The number of carbonyl (C=O) groups excluding carboxylic acids is 1. The van der Waals surface area contributed by atoms with Crippen LogP contribution in [0.2, 0.25) is 0 Å². The molecule has 0 amide bonds. The van der Waals surface area contributed by atoms with Crippen LogP contribution in [-0.4, -0.2) is 80.8 Å². The highest BCUT2D eigenvalue weighted by Crippen LogP contribution is 2.26. The van der Waals surface area contributed by atoms with E-state index in [2.05, 4.69) is 32.9 Å².